The van der Waals surface area contributed by atoms with Gasteiger partial charge in [-0.15, -0.1) is 0 Å². The minimum Gasteiger partial charge on any atom is -0.507 e. The molecule has 1 aromatic carbocycles. The minimum atomic E-state index is -0.603. The largest absolute Gasteiger partial charge is 0.507 e. The number of phenols is 1. The predicted octanol–water partition coefficient (Wildman–Crippen LogP) is 1.70. The highest BCUT2D eigenvalue weighted by Gasteiger charge is 2.12. The third-order valence-electron chi connectivity index (χ3n) is 1.28. The van der Waals surface area contributed by atoms with Gasteiger partial charge < -0.3 is 10.8 Å². The zero-order chi connectivity index (χ0) is 9.30. The normalized spacial score (nSPS) is 9.83. The lowest BCUT2D eigenvalue weighted by atomic mass is 10.2. The first-order valence-electron chi connectivity index (χ1n) is 3.00. The van der Waals surface area contributed by atoms with Crippen LogP contribution in [0, 0.1) is 7.14 Å². The van der Waals surface area contributed by atoms with Crippen LogP contribution in [0.3, 0.4) is 0 Å². The van der Waals surface area contributed by atoms with Crippen molar-refractivity contribution in [3.8, 4) is 5.75 Å². The number of carbonyl (C=O) groups excluding carboxylic acids is 1. The van der Waals surface area contributed by atoms with Gasteiger partial charge in [-0.25, -0.2) is 0 Å². The van der Waals surface area contributed by atoms with Gasteiger partial charge in [-0.05, 0) is 57.3 Å². The maximum absolute atomic E-state index is 10.8. The predicted molar refractivity (Wildman–Crippen MR) is 62.1 cm³/mol. The van der Waals surface area contributed by atoms with E-state index in [1.807, 2.05) is 22.6 Å². The summed E-state index contributed by atoms with van der Waals surface area (Å²) in [7, 11) is 0. The van der Waals surface area contributed by atoms with E-state index in [0.29, 0.717) is 3.57 Å². The topological polar surface area (TPSA) is 63.3 Å². The van der Waals surface area contributed by atoms with E-state index in [2.05, 4.69) is 22.6 Å². The molecule has 0 fully saturated rings. The van der Waals surface area contributed by atoms with Crippen molar-refractivity contribution < 1.29 is 9.90 Å². The lowest BCUT2D eigenvalue weighted by molar-refractivity contribution is 0.0997. The van der Waals surface area contributed by atoms with Gasteiger partial charge in [-0.1, -0.05) is 0 Å². The second-order valence-corrected chi connectivity index (χ2v) is 4.55. The Balaban J connectivity index is 3.38. The summed E-state index contributed by atoms with van der Waals surface area (Å²) in [6.45, 7) is 0. The highest BCUT2D eigenvalue weighted by atomic mass is 127. The van der Waals surface area contributed by atoms with Gasteiger partial charge in [-0.3, -0.25) is 4.79 Å². The van der Waals surface area contributed by atoms with Gasteiger partial charge in [-0.2, -0.15) is 0 Å². The molecular formula is C7H5I2NO2. The third-order valence-corrected chi connectivity index (χ3v) is 2.75. The van der Waals surface area contributed by atoms with Crippen LogP contribution < -0.4 is 5.73 Å². The smallest absolute Gasteiger partial charge is 0.253 e. The second kappa shape index (κ2) is 3.77. The van der Waals surface area contributed by atoms with Gasteiger partial charge in [0.05, 0.1) is 5.56 Å². The van der Waals surface area contributed by atoms with E-state index < -0.39 is 5.91 Å². The average molecular weight is 389 g/mol. The maximum atomic E-state index is 10.8. The van der Waals surface area contributed by atoms with Crippen molar-refractivity contribution in [1.29, 1.82) is 0 Å². The van der Waals surface area contributed by atoms with Gasteiger partial charge in [0.2, 0.25) is 0 Å². The summed E-state index contributed by atoms with van der Waals surface area (Å²) in [6.07, 6.45) is 0. The van der Waals surface area contributed by atoms with Crippen LogP contribution in [0.2, 0.25) is 0 Å². The molecule has 0 bridgehead atoms. The van der Waals surface area contributed by atoms with E-state index in [1.165, 1.54) is 6.07 Å². The number of benzene rings is 1. The molecule has 12 heavy (non-hydrogen) atoms. The van der Waals surface area contributed by atoms with Gasteiger partial charge in [0.25, 0.3) is 5.91 Å². The summed E-state index contributed by atoms with van der Waals surface area (Å²) in [5.41, 5.74) is 5.25. The Morgan fingerprint density at radius 1 is 1.42 bits per heavy atom. The van der Waals surface area contributed by atoms with Crippen LogP contribution in [0.5, 0.6) is 5.75 Å². The minimum absolute atomic E-state index is 0.0567. The first-order valence-corrected chi connectivity index (χ1v) is 5.16. The molecule has 0 aromatic heterocycles. The Bertz CT molecular complexity index is 315. The molecule has 0 atom stereocenters. The van der Waals surface area contributed by atoms with Crippen LogP contribution in [-0.4, -0.2) is 11.0 Å². The van der Waals surface area contributed by atoms with E-state index >= 15 is 0 Å². The standard InChI is InChI=1S/C7H5I2NO2/c8-3-1-4(9)6(7(10)12)5(11)2-3/h1-2,11H,(H2,10,12). The molecule has 1 amide bonds. The molecule has 0 spiro atoms. The van der Waals surface area contributed by atoms with E-state index in [0.717, 1.165) is 3.57 Å². The van der Waals surface area contributed by atoms with Crippen LogP contribution >= 0.6 is 45.2 Å². The molecule has 0 aliphatic carbocycles. The van der Waals surface area contributed by atoms with Crippen molar-refractivity contribution in [2.45, 2.75) is 0 Å². The Morgan fingerprint density at radius 2 is 2.00 bits per heavy atom. The fourth-order valence-electron chi connectivity index (χ4n) is 0.804. The lowest BCUT2D eigenvalue weighted by Crippen LogP contribution is -2.13. The number of halogens is 2. The van der Waals surface area contributed by atoms with Crippen molar-refractivity contribution in [3.05, 3.63) is 24.8 Å². The number of rotatable bonds is 1. The number of amides is 1. The van der Waals surface area contributed by atoms with Crippen molar-refractivity contribution in [1.82, 2.24) is 0 Å². The number of hydrogen-bond donors (Lipinski definition) is 2. The van der Waals surface area contributed by atoms with Crippen LogP contribution in [0.1, 0.15) is 10.4 Å². The lowest BCUT2D eigenvalue weighted by Gasteiger charge is -2.03. The Hall–Kier alpha value is -0.0500. The van der Waals surface area contributed by atoms with Crippen LogP contribution in [0.4, 0.5) is 0 Å². The van der Waals surface area contributed by atoms with E-state index in [-0.39, 0.29) is 11.3 Å². The summed E-state index contributed by atoms with van der Waals surface area (Å²) in [5.74, 6) is -0.660. The molecule has 0 saturated heterocycles. The van der Waals surface area contributed by atoms with Crippen LogP contribution in [0.25, 0.3) is 0 Å². The quantitative estimate of drug-likeness (QED) is 0.719. The number of carbonyl (C=O) groups is 1. The Labute approximate surface area is 96.6 Å². The fraction of sp³-hybridized carbons (Fsp3) is 0. The molecular weight excluding hydrogens is 384 g/mol. The first kappa shape index (κ1) is 10.0. The number of primary amides is 1. The first-order chi connectivity index (χ1) is 5.52. The number of hydrogen-bond acceptors (Lipinski definition) is 2. The summed E-state index contributed by atoms with van der Waals surface area (Å²) >= 11 is 4.02. The summed E-state index contributed by atoms with van der Waals surface area (Å²) in [6, 6.07) is 3.28. The summed E-state index contributed by atoms with van der Waals surface area (Å²) in [4.78, 5) is 10.8. The van der Waals surface area contributed by atoms with Crippen molar-refractivity contribution in [3.63, 3.8) is 0 Å². The van der Waals surface area contributed by atoms with Gasteiger partial charge in [0.15, 0.2) is 0 Å². The third kappa shape index (κ3) is 2.00. The molecule has 0 radical (unpaired) electrons. The SMILES string of the molecule is NC(=O)c1c(O)cc(I)cc1I. The highest BCUT2D eigenvalue weighted by molar-refractivity contribution is 14.1. The van der Waals surface area contributed by atoms with Crippen LogP contribution in [-0.2, 0) is 0 Å². The zero-order valence-electron chi connectivity index (χ0n) is 5.84. The summed E-state index contributed by atoms with van der Waals surface area (Å²) in [5, 5.41) is 9.33. The maximum Gasteiger partial charge on any atom is 0.253 e. The molecule has 0 heterocycles. The number of aromatic hydroxyl groups is 1. The number of nitrogens with two attached hydrogens (primary N) is 1. The molecule has 1 aromatic rings. The molecule has 0 aliphatic heterocycles. The molecule has 3 N–H and O–H groups in total. The van der Waals surface area contributed by atoms with Crippen LogP contribution in [0.15, 0.2) is 12.1 Å². The monoisotopic (exact) mass is 389 g/mol. The molecule has 0 aliphatic rings. The molecule has 64 valence electrons. The Kier molecular flexibility index (Phi) is 3.16. The fourth-order valence-corrected chi connectivity index (χ4v) is 2.88. The second-order valence-electron chi connectivity index (χ2n) is 2.15. The van der Waals surface area contributed by atoms with E-state index in [4.69, 9.17) is 5.73 Å². The zero-order valence-corrected chi connectivity index (χ0v) is 10.2. The van der Waals surface area contributed by atoms with Gasteiger partial charge >= 0.3 is 0 Å². The molecule has 3 nitrogen and oxygen atoms in total. The highest BCUT2D eigenvalue weighted by Crippen LogP contribution is 2.25. The van der Waals surface area contributed by atoms with Crippen molar-refractivity contribution >= 4 is 51.1 Å². The van der Waals surface area contributed by atoms with E-state index in [1.54, 1.807) is 6.07 Å². The Morgan fingerprint density at radius 3 is 2.42 bits per heavy atom. The molecule has 5 heteroatoms. The van der Waals surface area contributed by atoms with Crippen molar-refractivity contribution in [2.24, 2.45) is 5.73 Å². The van der Waals surface area contributed by atoms with E-state index in [9.17, 15) is 9.90 Å². The molecule has 0 saturated carbocycles. The molecule has 0 unspecified atom stereocenters. The summed E-state index contributed by atoms with van der Waals surface area (Å²) < 4.78 is 1.55. The van der Waals surface area contributed by atoms with Crippen molar-refractivity contribution in [2.75, 3.05) is 0 Å². The average Bonchev–Trinajstić information content (AvgIpc) is 1.82. The van der Waals surface area contributed by atoms with Gasteiger partial charge in [0, 0.05) is 7.14 Å². The van der Waals surface area contributed by atoms with Gasteiger partial charge in [0.1, 0.15) is 5.75 Å². The molecule has 1 rings (SSSR count).